The van der Waals surface area contributed by atoms with Gasteiger partial charge in [0.15, 0.2) is 0 Å². The smallest absolute Gasteiger partial charge is 0.123 e. The minimum atomic E-state index is 0.194. The van der Waals surface area contributed by atoms with Crippen LogP contribution in [-0.2, 0) is 0 Å². The van der Waals surface area contributed by atoms with Crippen molar-refractivity contribution in [1.82, 2.24) is 5.43 Å². The first kappa shape index (κ1) is 14.4. The summed E-state index contributed by atoms with van der Waals surface area (Å²) in [5.74, 6) is 7.49. The van der Waals surface area contributed by atoms with E-state index < -0.39 is 0 Å². The van der Waals surface area contributed by atoms with Crippen molar-refractivity contribution in [3.63, 3.8) is 0 Å². The molecular weight excluding hydrogens is 236 g/mol. The molecule has 3 heteroatoms. The maximum Gasteiger partial charge on any atom is 0.123 e. The minimum Gasteiger partial charge on any atom is -0.496 e. The molecular formula is C16H26N2O. The largest absolute Gasteiger partial charge is 0.496 e. The van der Waals surface area contributed by atoms with Gasteiger partial charge in [0.25, 0.3) is 0 Å². The lowest BCUT2D eigenvalue weighted by Gasteiger charge is -2.23. The van der Waals surface area contributed by atoms with Gasteiger partial charge in [0, 0.05) is 11.6 Å². The van der Waals surface area contributed by atoms with Gasteiger partial charge in [-0.15, -0.1) is 0 Å². The van der Waals surface area contributed by atoms with E-state index in [9.17, 15) is 0 Å². The van der Waals surface area contributed by atoms with E-state index in [1.165, 1.54) is 44.1 Å². The minimum absolute atomic E-state index is 0.194. The average Bonchev–Trinajstić information content (AvgIpc) is 2.73. The van der Waals surface area contributed by atoms with Gasteiger partial charge in [0.1, 0.15) is 5.75 Å². The number of ether oxygens (including phenoxy) is 1. The molecule has 1 unspecified atom stereocenters. The Balaban J connectivity index is 2.06. The zero-order valence-corrected chi connectivity index (χ0v) is 11.9. The van der Waals surface area contributed by atoms with Crippen LogP contribution < -0.4 is 16.0 Å². The van der Waals surface area contributed by atoms with Gasteiger partial charge in [-0.05, 0) is 18.4 Å². The molecule has 0 aliphatic heterocycles. The highest BCUT2D eigenvalue weighted by Gasteiger charge is 2.20. The number of nitrogens with two attached hydrogens (primary N) is 1. The molecule has 0 heterocycles. The molecule has 0 spiro atoms. The molecule has 1 aromatic carbocycles. The predicted octanol–water partition coefficient (Wildman–Crippen LogP) is 3.56. The van der Waals surface area contributed by atoms with E-state index in [-0.39, 0.29) is 6.04 Å². The molecule has 1 aliphatic rings. The predicted molar refractivity (Wildman–Crippen MR) is 78.9 cm³/mol. The van der Waals surface area contributed by atoms with Crippen molar-refractivity contribution in [3.8, 4) is 5.75 Å². The summed E-state index contributed by atoms with van der Waals surface area (Å²) in [6.45, 7) is 0. The van der Waals surface area contributed by atoms with Crippen molar-refractivity contribution in [3.05, 3.63) is 29.8 Å². The van der Waals surface area contributed by atoms with E-state index in [1.54, 1.807) is 7.11 Å². The third kappa shape index (κ3) is 3.95. The van der Waals surface area contributed by atoms with E-state index in [1.807, 2.05) is 12.1 Å². The molecule has 19 heavy (non-hydrogen) atoms. The second-order valence-corrected chi connectivity index (χ2v) is 5.55. The lowest BCUT2D eigenvalue weighted by molar-refractivity contribution is 0.345. The van der Waals surface area contributed by atoms with E-state index in [0.717, 1.165) is 18.1 Å². The average molecular weight is 262 g/mol. The van der Waals surface area contributed by atoms with Crippen LogP contribution in [0.2, 0.25) is 0 Å². The fourth-order valence-electron chi connectivity index (χ4n) is 3.17. The maximum absolute atomic E-state index is 5.78. The lowest BCUT2D eigenvalue weighted by Crippen LogP contribution is -2.30. The summed E-state index contributed by atoms with van der Waals surface area (Å²) in [6.07, 6.45) is 9.32. The summed E-state index contributed by atoms with van der Waals surface area (Å²) in [4.78, 5) is 0. The molecule has 3 N–H and O–H groups in total. The molecule has 0 amide bonds. The number of rotatable bonds is 5. The second-order valence-electron chi connectivity index (χ2n) is 5.55. The van der Waals surface area contributed by atoms with Gasteiger partial charge in [-0.1, -0.05) is 56.7 Å². The van der Waals surface area contributed by atoms with Crippen LogP contribution >= 0.6 is 0 Å². The molecule has 1 fully saturated rings. The summed E-state index contributed by atoms with van der Waals surface area (Å²) in [5, 5.41) is 0. The molecule has 106 valence electrons. The Morgan fingerprint density at radius 2 is 1.89 bits per heavy atom. The van der Waals surface area contributed by atoms with Crippen LogP contribution in [-0.4, -0.2) is 7.11 Å². The Morgan fingerprint density at radius 1 is 1.21 bits per heavy atom. The fraction of sp³-hybridized carbons (Fsp3) is 0.625. The highest BCUT2D eigenvalue weighted by atomic mass is 16.5. The van der Waals surface area contributed by atoms with Crippen LogP contribution in [0.3, 0.4) is 0 Å². The van der Waals surface area contributed by atoms with Gasteiger partial charge >= 0.3 is 0 Å². The number of hydrogen-bond acceptors (Lipinski definition) is 3. The van der Waals surface area contributed by atoms with Crippen LogP contribution in [0.25, 0.3) is 0 Å². The maximum atomic E-state index is 5.78. The molecule has 3 nitrogen and oxygen atoms in total. The Bertz CT molecular complexity index is 373. The summed E-state index contributed by atoms with van der Waals surface area (Å²) in [6, 6.07) is 8.36. The van der Waals surface area contributed by atoms with Crippen molar-refractivity contribution < 1.29 is 4.74 Å². The van der Waals surface area contributed by atoms with Gasteiger partial charge < -0.3 is 4.74 Å². The Labute approximate surface area is 116 Å². The molecule has 0 aromatic heterocycles. The van der Waals surface area contributed by atoms with Crippen molar-refractivity contribution in [2.45, 2.75) is 51.0 Å². The van der Waals surface area contributed by atoms with Gasteiger partial charge in [0.2, 0.25) is 0 Å². The van der Waals surface area contributed by atoms with Crippen molar-refractivity contribution >= 4 is 0 Å². The van der Waals surface area contributed by atoms with Crippen LogP contribution in [0.1, 0.15) is 56.6 Å². The van der Waals surface area contributed by atoms with Gasteiger partial charge in [-0.3, -0.25) is 11.3 Å². The molecule has 0 saturated heterocycles. The quantitative estimate of drug-likeness (QED) is 0.484. The molecule has 1 atom stereocenters. The lowest BCUT2D eigenvalue weighted by atomic mass is 9.89. The number of benzene rings is 1. The highest BCUT2D eigenvalue weighted by Crippen LogP contribution is 2.33. The number of para-hydroxylation sites is 1. The summed E-state index contributed by atoms with van der Waals surface area (Å²) in [5.41, 5.74) is 4.16. The van der Waals surface area contributed by atoms with E-state index in [2.05, 4.69) is 17.6 Å². The fourth-order valence-corrected chi connectivity index (χ4v) is 3.17. The van der Waals surface area contributed by atoms with Crippen LogP contribution in [0.15, 0.2) is 24.3 Å². The summed E-state index contributed by atoms with van der Waals surface area (Å²) in [7, 11) is 1.72. The number of hydrogen-bond donors (Lipinski definition) is 2. The van der Waals surface area contributed by atoms with Crippen LogP contribution in [0.4, 0.5) is 0 Å². The van der Waals surface area contributed by atoms with E-state index >= 15 is 0 Å². The molecule has 0 bridgehead atoms. The Hall–Kier alpha value is -1.06. The topological polar surface area (TPSA) is 47.3 Å². The highest BCUT2D eigenvalue weighted by molar-refractivity contribution is 5.35. The van der Waals surface area contributed by atoms with E-state index in [0.29, 0.717) is 0 Å². The zero-order chi connectivity index (χ0) is 13.5. The third-order valence-electron chi connectivity index (χ3n) is 4.26. The second kappa shape index (κ2) is 7.51. The third-order valence-corrected chi connectivity index (χ3v) is 4.26. The first-order valence-electron chi connectivity index (χ1n) is 7.44. The van der Waals surface area contributed by atoms with Crippen molar-refractivity contribution in [2.75, 3.05) is 7.11 Å². The number of methoxy groups -OCH3 is 1. The monoisotopic (exact) mass is 262 g/mol. The Kier molecular flexibility index (Phi) is 5.67. The molecule has 1 aromatic rings. The Morgan fingerprint density at radius 3 is 2.53 bits per heavy atom. The SMILES string of the molecule is COc1ccccc1C(CC1CCCCCC1)NN. The van der Waals surface area contributed by atoms with Gasteiger partial charge in [-0.25, -0.2) is 0 Å². The molecule has 1 saturated carbocycles. The van der Waals surface area contributed by atoms with Gasteiger partial charge in [-0.2, -0.15) is 0 Å². The normalized spacial score (nSPS) is 18.8. The summed E-state index contributed by atoms with van der Waals surface area (Å²) < 4.78 is 5.45. The first-order chi connectivity index (χ1) is 9.35. The van der Waals surface area contributed by atoms with Gasteiger partial charge in [0.05, 0.1) is 7.11 Å². The van der Waals surface area contributed by atoms with Crippen molar-refractivity contribution in [1.29, 1.82) is 0 Å². The number of nitrogens with one attached hydrogen (secondary N) is 1. The first-order valence-corrected chi connectivity index (χ1v) is 7.44. The molecule has 2 rings (SSSR count). The molecule has 0 radical (unpaired) electrons. The summed E-state index contributed by atoms with van der Waals surface area (Å²) >= 11 is 0. The standard InChI is InChI=1S/C16H26N2O/c1-19-16-11-7-6-10-14(16)15(18-17)12-13-8-4-2-3-5-9-13/h6-7,10-11,13,15,18H,2-5,8-9,12,17H2,1H3. The number of hydrazine groups is 1. The zero-order valence-electron chi connectivity index (χ0n) is 11.9. The van der Waals surface area contributed by atoms with Crippen molar-refractivity contribution in [2.24, 2.45) is 11.8 Å². The van der Waals surface area contributed by atoms with Crippen LogP contribution in [0, 0.1) is 5.92 Å². The van der Waals surface area contributed by atoms with Crippen LogP contribution in [0.5, 0.6) is 5.75 Å². The van der Waals surface area contributed by atoms with E-state index in [4.69, 9.17) is 10.6 Å². The molecule has 1 aliphatic carbocycles.